The van der Waals surface area contributed by atoms with E-state index >= 15 is 0 Å². The fourth-order valence-electron chi connectivity index (χ4n) is 3.31. The van der Waals surface area contributed by atoms with Crippen molar-refractivity contribution in [1.82, 2.24) is 20.6 Å². The zero-order valence-electron chi connectivity index (χ0n) is 15.0. The smallest absolute Gasteiger partial charge is 0.229 e. The Kier molecular flexibility index (Phi) is 5.27. The highest BCUT2D eigenvalue weighted by molar-refractivity contribution is 7.13. The van der Waals surface area contributed by atoms with Crippen LogP contribution in [0.4, 0.5) is 0 Å². The Hall–Kier alpha value is -2.57. The van der Waals surface area contributed by atoms with E-state index in [1.165, 1.54) is 5.56 Å². The maximum absolute atomic E-state index is 12.8. The number of hydrogen-bond acceptors (Lipinski definition) is 5. The second kappa shape index (κ2) is 7.98. The number of nitrogens with zero attached hydrogens (tertiary/aromatic N) is 2. The van der Waals surface area contributed by atoms with Crippen LogP contribution >= 0.6 is 11.3 Å². The zero-order valence-corrected chi connectivity index (χ0v) is 15.8. The standard InChI is InChI=1S/C21H22N4OS/c26-20(21(14-23-15-21)11-16-5-2-1-3-6-16)24-10-8-18-13-27-19(25-18)17-7-4-9-22-12-17/h1-7,9,12-13,23H,8,10-11,14-15H2,(H,24,26). The van der Waals surface area contributed by atoms with E-state index in [0.29, 0.717) is 6.54 Å². The van der Waals surface area contributed by atoms with Gasteiger partial charge in [-0.05, 0) is 24.1 Å². The predicted octanol–water partition coefficient (Wildman–Crippen LogP) is 2.70. The molecule has 5 nitrogen and oxygen atoms in total. The predicted molar refractivity (Wildman–Crippen MR) is 108 cm³/mol. The van der Waals surface area contributed by atoms with Gasteiger partial charge >= 0.3 is 0 Å². The summed E-state index contributed by atoms with van der Waals surface area (Å²) >= 11 is 1.61. The zero-order chi connectivity index (χ0) is 18.5. The van der Waals surface area contributed by atoms with Crippen molar-refractivity contribution in [2.45, 2.75) is 12.8 Å². The molecule has 2 N–H and O–H groups in total. The fraction of sp³-hybridized carbons (Fsp3) is 0.286. The van der Waals surface area contributed by atoms with Crippen molar-refractivity contribution in [3.63, 3.8) is 0 Å². The highest BCUT2D eigenvalue weighted by atomic mass is 32.1. The Morgan fingerprint density at radius 1 is 1.19 bits per heavy atom. The molecular formula is C21H22N4OS. The minimum atomic E-state index is -0.329. The topological polar surface area (TPSA) is 66.9 Å². The van der Waals surface area contributed by atoms with Gasteiger partial charge in [0.25, 0.3) is 0 Å². The van der Waals surface area contributed by atoms with Crippen LogP contribution in [0.2, 0.25) is 0 Å². The molecule has 0 spiro atoms. The third-order valence-electron chi connectivity index (χ3n) is 4.92. The summed E-state index contributed by atoms with van der Waals surface area (Å²) < 4.78 is 0. The van der Waals surface area contributed by atoms with Crippen LogP contribution in [0.5, 0.6) is 0 Å². The van der Waals surface area contributed by atoms with Crippen molar-refractivity contribution in [3.05, 3.63) is 71.5 Å². The van der Waals surface area contributed by atoms with Crippen LogP contribution in [-0.2, 0) is 17.6 Å². The van der Waals surface area contributed by atoms with E-state index in [9.17, 15) is 4.79 Å². The fourth-order valence-corrected chi connectivity index (χ4v) is 4.16. The molecule has 0 aliphatic carbocycles. The molecule has 138 valence electrons. The van der Waals surface area contributed by atoms with Gasteiger partial charge in [0.1, 0.15) is 5.01 Å². The highest BCUT2D eigenvalue weighted by Gasteiger charge is 2.43. The van der Waals surface area contributed by atoms with Gasteiger partial charge in [0, 0.05) is 49.4 Å². The van der Waals surface area contributed by atoms with E-state index in [4.69, 9.17) is 0 Å². The summed E-state index contributed by atoms with van der Waals surface area (Å²) in [5, 5.41) is 9.39. The molecule has 1 amide bonds. The normalized spacial score (nSPS) is 15.1. The Bertz CT molecular complexity index is 891. The summed E-state index contributed by atoms with van der Waals surface area (Å²) in [6.45, 7) is 2.07. The molecular weight excluding hydrogens is 356 g/mol. The van der Waals surface area contributed by atoms with Crippen molar-refractivity contribution in [2.24, 2.45) is 5.41 Å². The summed E-state index contributed by atoms with van der Waals surface area (Å²) in [5.41, 5.74) is 2.91. The number of amides is 1. The van der Waals surface area contributed by atoms with Crippen LogP contribution in [0.1, 0.15) is 11.3 Å². The average Bonchev–Trinajstić information content (AvgIpc) is 3.15. The molecule has 3 aromatic rings. The van der Waals surface area contributed by atoms with Crippen molar-refractivity contribution >= 4 is 17.2 Å². The van der Waals surface area contributed by atoms with Gasteiger partial charge in [-0.2, -0.15) is 0 Å². The first kappa shape index (κ1) is 17.8. The molecule has 0 saturated carbocycles. The van der Waals surface area contributed by atoms with E-state index in [0.717, 1.165) is 42.2 Å². The molecule has 4 rings (SSSR count). The van der Waals surface area contributed by atoms with Crippen molar-refractivity contribution in [2.75, 3.05) is 19.6 Å². The van der Waals surface area contributed by atoms with E-state index in [1.807, 2.05) is 36.5 Å². The molecule has 6 heteroatoms. The molecule has 1 fully saturated rings. The third kappa shape index (κ3) is 4.07. The van der Waals surface area contributed by atoms with E-state index in [2.05, 4.69) is 38.1 Å². The summed E-state index contributed by atoms with van der Waals surface area (Å²) in [4.78, 5) is 21.6. The summed E-state index contributed by atoms with van der Waals surface area (Å²) in [5.74, 6) is 0.132. The van der Waals surface area contributed by atoms with Gasteiger partial charge in [0.05, 0.1) is 11.1 Å². The lowest BCUT2D eigenvalue weighted by Crippen LogP contribution is -2.62. The highest BCUT2D eigenvalue weighted by Crippen LogP contribution is 2.28. The van der Waals surface area contributed by atoms with Gasteiger partial charge in [-0.25, -0.2) is 4.98 Å². The lowest BCUT2D eigenvalue weighted by atomic mass is 9.75. The number of carbonyl (C=O) groups excluding carboxylic acids is 1. The monoisotopic (exact) mass is 378 g/mol. The average molecular weight is 379 g/mol. The number of hydrogen-bond donors (Lipinski definition) is 2. The van der Waals surface area contributed by atoms with Crippen LogP contribution in [-0.4, -0.2) is 35.5 Å². The molecule has 3 heterocycles. The lowest BCUT2D eigenvalue weighted by molar-refractivity contribution is -0.133. The van der Waals surface area contributed by atoms with Gasteiger partial charge in [-0.1, -0.05) is 30.3 Å². The van der Waals surface area contributed by atoms with E-state index < -0.39 is 0 Å². The SMILES string of the molecule is O=C(NCCc1csc(-c2cccnc2)n1)C1(Cc2ccccc2)CNC1. The molecule has 27 heavy (non-hydrogen) atoms. The first-order valence-corrected chi connectivity index (χ1v) is 10.0. The van der Waals surface area contributed by atoms with E-state index in [-0.39, 0.29) is 11.3 Å². The van der Waals surface area contributed by atoms with E-state index in [1.54, 1.807) is 17.5 Å². The summed E-state index contributed by atoms with van der Waals surface area (Å²) in [6.07, 6.45) is 5.08. The van der Waals surface area contributed by atoms with Crippen LogP contribution in [0.25, 0.3) is 10.6 Å². The molecule has 1 aliphatic rings. The Balaban J connectivity index is 1.32. The Labute approximate surface area is 162 Å². The molecule has 0 bridgehead atoms. The van der Waals surface area contributed by atoms with Crippen molar-refractivity contribution < 1.29 is 4.79 Å². The molecule has 1 aromatic carbocycles. The van der Waals surface area contributed by atoms with Gasteiger partial charge in [-0.3, -0.25) is 9.78 Å². The first-order valence-electron chi connectivity index (χ1n) is 9.13. The largest absolute Gasteiger partial charge is 0.355 e. The number of carbonyl (C=O) groups is 1. The Morgan fingerprint density at radius 2 is 2.04 bits per heavy atom. The van der Waals surface area contributed by atoms with Gasteiger partial charge in [-0.15, -0.1) is 11.3 Å². The summed E-state index contributed by atoms with van der Waals surface area (Å²) in [7, 11) is 0. The number of pyridine rings is 1. The Morgan fingerprint density at radius 3 is 2.74 bits per heavy atom. The molecule has 1 saturated heterocycles. The first-order chi connectivity index (χ1) is 13.3. The molecule has 0 unspecified atom stereocenters. The molecule has 1 aliphatic heterocycles. The van der Waals surface area contributed by atoms with Crippen LogP contribution < -0.4 is 10.6 Å². The van der Waals surface area contributed by atoms with Gasteiger partial charge in [0.2, 0.25) is 5.91 Å². The number of rotatable bonds is 7. The van der Waals surface area contributed by atoms with Crippen LogP contribution in [0, 0.1) is 5.41 Å². The second-order valence-electron chi connectivity index (χ2n) is 6.94. The summed E-state index contributed by atoms with van der Waals surface area (Å²) in [6, 6.07) is 14.1. The minimum Gasteiger partial charge on any atom is -0.355 e. The number of thiazole rings is 1. The van der Waals surface area contributed by atoms with Crippen LogP contribution in [0.15, 0.2) is 60.2 Å². The van der Waals surface area contributed by atoms with Crippen molar-refractivity contribution in [1.29, 1.82) is 0 Å². The molecule has 2 aromatic heterocycles. The van der Waals surface area contributed by atoms with Crippen molar-refractivity contribution in [3.8, 4) is 10.6 Å². The van der Waals surface area contributed by atoms with Gasteiger partial charge < -0.3 is 10.6 Å². The quantitative estimate of drug-likeness (QED) is 0.663. The molecule has 0 radical (unpaired) electrons. The number of aromatic nitrogens is 2. The minimum absolute atomic E-state index is 0.132. The maximum atomic E-state index is 12.8. The number of benzene rings is 1. The molecule has 0 atom stereocenters. The maximum Gasteiger partial charge on any atom is 0.229 e. The lowest BCUT2D eigenvalue weighted by Gasteiger charge is -2.41. The van der Waals surface area contributed by atoms with Gasteiger partial charge in [0.15, 0.2) is 0 Å². The second-order valence-corrected chi connectivity index (χ2v) is 7.80. The third-order valence-corrected chi connectivity index (χ3v) is 5.86. The van der Waals surface area contributed by atoms with Crippen LogP contribution in [0.3, 0.4) is 0 Å². The number of nitrogens with one attached hydrogen (secondary N) is 2.